The predicted octanol–water partition coefficient (Wildman–Crippen LogP) is 4.78. The lowest BCUT2D eigenvalue weighted by Crippen LogP contribution is -2.46. The molecule has 1 aromatic carbocycles. The summed E-state index contributed by atoms with van der Waals surface area (Å²) in [4.78, 5) is 16.2. The molecule has 2 saturated heterocycles. The van der Waals surface area contributed by atoms with Crippen molar-refractivity contribution < 1.29 is 13.2 Å². The lowest BCUT2D eigenvalue weighted by atomic mass is 9.77. The summed E-state index contributed by atoms with van der Waals surface area (Å²) in [5, 5.41) is 0. The van der Waals surface area contributed by atoms with Crippen LogP contribution < -0.4 is 4.90 Å². The molecule has 7 heteroatoms. The average Bonchev–Trinajstić information content (AvgIpc) is 3.33. The molecule has 162 valence electrons. The highest BCUT2D eigenvalue weighted by molar-refractivity contribution is 7.91. The first-order chi connectivity index (χ1) is 14.3. The van der Waals surface area contributed by atoms with E-state index in [1.165, 1.54) is 16.9 Å². The van der Waals surface area contributed by atoms with E-state index in [0.717, 1.165) is 23.4 Å². The Morgan fingerprint density at radius 2 is 1.67 bits per heavy atom. The first-order valence-electron chi connectivity index (χ1n) is 10.8. The Morgan fingerprint density at radius 3 is 2.23 bits per heavy atom. The number of piperidine rings is 1. The second-order valence-electron chi connectivity index (χ2n) is 8.66. The van der Waals surface area contributed by atoms with E-state index in [0.29, 0.717) is 42.6 Å². The smallest absolute Gasteiger partial charge is 0.252 e. The molecule has 4 rings (SSSR count). The summed E-state index contributed by atoms with van der Waals surface area (Å²) < 4.78 is 27.8. The lowest BCUT2D eigenvalue weighted by molar-refractivity contribution is -0.127. The zero-order valence-electron chi connectivity index (χ0n) is 17.9. The first kappa shape index (κ1) is 21.5. The largest absolute Gasteiger partial charge is 0.312 e. The fourth-order valence-electron chi connectivity index (χ4n) is 4.58. The number of sulfonamides is 1. The number of nitrogens with zero attached hydrogens (tertiary/aromatic N) is 2. The van der Waals surface area contributed by atoms with E-state index in [9.17, 15) is 13.2 Å². The maximum absolute atomic E-state index is 13.3. The topological polar surface area (TPSA) is 57.7 Å². The molecule has 2 aliphatic heterocycles. The number of thiophene rings is 1. The molecule has 1 atom stereocenters. The summed E-state index contributed by atoms with van der Waals surface area (Å²) in [5.74, 6) is 0.667. The maximum atomic E-state index is 13.3. The third-order valence-electron chi connectivity index (χ3n) is 6.89. The number of hydrogen-bond donors (Lipinski definition) is 0. The second kappa shape index (κ2) is 8.09. The quantitative estimate of drug-likeness (QED) is 0.664. The van der Waals surface area contributed by atoms with Crippen molar-refractivity contribution in [2.24, 2.45) is 5.41 Å². The summed E-state index contributed by atoms with van der Waals surface area (Å²) in [6.45, 7) is 7.83. The van der Waals surface area contributed by atoms with Crippen LogP contribution in [0.3, 0.4) is 0 Å². The van der Waals surface area contributed by atoms with E-state index in [2.05, 4.69) is 38.1 Å². The van der Waals surface area contributed by atoms with Gasteiger partial charge in [-0.1, -0.05) is 26.0 Å². The SMILES string of the molecule is CCC(C)c1ccc(N2CCC3(CCN(S(=O)(=O)c4ccc(C)s4)CC3)C2=O)cc1. The molecule has 5 nitrogen and oxygen atoms in total. The monoisotopic (exact) mass is 446 g/mol. The van der Waals surface area contributed by atoms with Gasteiger partial charge in [0, 0.05) is 30.2 Å². The van der Waals surface area contributed by atoms with Gasteiger partial charge in [-0.05, 0) is 68.4 Å². The number of benzene rings is 1. The van der Waals surface area contributed by atoms with Crippen molar-refractivity contribution in [3.05, 3.63) is 46.8 Å². The Morgan fingerprint density at radius 1 is 1.03 bits per heavy atom. The van der Waals surface area contributed by atoms with Crippen molar-refractivity contribution in [3.63, 3.8) is 0 Å². The van der Waals surface area contributed by atoms with Crippen LogP contribution in [-0.2, 0) is 14.8 Å². The van der Waals surface area contributed by atoms with Gasteiger partial charge in [0.25, 0.3) is 10.0 Å². The van der Waals surface area contributed by atoms with Crippen LogP contribution in [0.2, 0.25) is 0 Å². The van der Waals surface area contributed by atoms with E-state index < -0.39 is 15.4 Å². The first-order valence-corrected chi connectivity index (χ1v) is 13.0. The van der Waals surface area contributed by atoms with Crippen LogP contribution >= 0.6 is 11.3 Å². The fourth-order valence-corrected chi connectivity index (χ4v) is 7.46. The Kier molecular flexibility index (Phi) is 5.81. The van der Waals surface area contributed by atoms with E-state index in [4.69, 9.17) is 0 Å². The van der Waals surface area contributed by atoms with Gasteiger partial charge in [-0.3, -0.25) is 4.79 Å². The van der Waals surface area contributed by atoms with Crippen LogP contribution in [-0.4, -0.2) is 38.3 Å². The second-order valence-corrected chi connectivity index (χ2v) is 12.1. The summed E-state index contributed by atoms with van der Waals surface area (Å²) in [6.07, 6.45) is 3.08. The van der Waals surface area contributed by atoms with E-state index in [1.807, 2.05) is 17.9 Å². The summed E-state index contributed by atoms with van der Waals surface area (Å²) in [5.41, 5.74) is 1.82. The number of amides is 1. The van der Waals surface area contributed by atoms with Crippen molar-refractivity contribution in [3.8, 4) is 0 Å². The van der Waals surface area contributed by atoms with Gasteiger partial charge in [0.15, 0.2) is 0 Å². The minimum atomic E-state index is -3.46. The Bertz CT molecular complexity index is 1020. The number of hydrogen-bond acceptors (Lipinski definition) is 4. The molecule has 30 heavy (non-hydrogen) atoms. The molecular formula is C23H30N2O3S2. The van der Waals surface area contributed by atoms with Gasteiger partial charge < -0.3 is 4.90 Å². The third kappa shape index (κ3) is 3.72. The van der Waals surface area contributed by atoms with Gasteiger partial charge in [-0.25, -0.2) is 8.42 Å². The summed E-state index contributed by atoms with van der Waals surface area (Å²) in [6, 6.07) is 11.9. The number of aryl methyl sites for hydroxylation is 1. The highest BCUT2D eigenvalue weighted by Gasteiger charge is 2.49. The molecular weight excluding hydrogens is 416 g/mol. The Hall–Kier alpha value is -1.70. The van der Waals surface area contributed by atoms with E-state index >= 15 is 0 Å². The molecule has 0 N–H and O–H groups in total. The highest BCUT2D eigenvalue weighted by atomic mass is 32.2. The van der Waals surface area contributed by atoms with Crippen molar-refractivity contribution in [1.82, 2.24) is 4.31 Å². The van der Waals surface area contributed by atoms with Crippen LogP contribution in [0.4, 0.5) is 5.69 Å². The third-order valence-corrected chi connectivity index (χ3v) is 10.3. The van der Waals surface area contributed by atoms with Crippen LogP contribution in [0.25, 0.3) is 0 Å². The molecule has 0 aliphatic carbocycles. The molecule has 2 fully saturated rings. The number of anilines is 1. The van der Waals surface area contributed by atoms with Gasteiger partial charge in [-0.2, -0.15) is 4.31 Å². The van der Waals surface area contributed by atoms with Crippen molar-refractivity contribution >= 4 is 33.0 Å². The van der Waals surface area contributed by atoms with Crippen LogP contribution in [0.15, 0.2) is 40.6 Å². The molecule has 2 aliphatic rings. The number of carbonyl (C=O) groups is 1. The standard InChI is InChI=1S/C23H30N2O3S2/c1-4-17(2)19-6-8-20(9-7-19)25-16-13-23(22(25)26)11-14-24(15-12-23)30(27,28)21-10-5-18(3)29-21/h5-10,17H,4,11-16H2,1-3H3. The number of carbonyl (C=O) groups excluding carboxylic acids is 1. The minimum absolute atomic E-state index is 0.155. The Labute approximate surface area is 183 Å². The molecule has 3 heterocycles. The molecule has 2 aromatic rings. The fraction of sp³-hybridized carbons (Fsp3) is 0.522. The summed E-state index contributed by atoms with van der Waals surface area (Å²) >= 11 is 1.31. The van der Waals surface area contributed by atoms with Crippen LogP contribution in [0, 0.1) is 12.3 Å². The lowest BCUT2D eigenvalue weighted by Gasteiger charge is -2.37. The minimum Gasteiger partial charge on any atom is -0.312 e. The van der Waals surface area contributed by atoms with Gasteiger partial charge >= 0.3 is 0 Å². The average molecular weight is 447 g/mol. The van der Waals surface area contributed by atoms with Crippen molar-refractivity contribution in [2.45, 2.75) is 56.6 Å². The van der Waals surface area contributed by atoms with E-state index in [-0.39, 0.29) is 5.91 Å². The van der Waals surface area contributed by atoms with Crippen molar-refractivity contribution in [2.75, 3.05) is 24.5 Å². The van der Waals surface area contributed by atoms with Crippen molar-refractivity contribution in [1.29, 1.82) is 0 Å². The summed E-state index contributed by atoms with van der Waals surface area (Å²) in [7, 11) is -3.46. The molecule has 0 bridgehead atoms. The molecule has 1 aromatic heterocycles. The molecule has 1 unspecified atom stereocenters. The van der Waals surface area contributed by atoms with E-state index in [1.54, 1.807) is 10.4 Å². The number of rotatable bonds is 5. The maximum Gasteiger partial charge on any atom is 0.252 e. The van der Waals surface area contributed by atoms with Gasteiger partial charge in [-0.15, -0.1) is 11.3 Å². The zero-order chi connectivity index (χ0) is 21.5. The Balaban J connectivity index is 1.45. The molecule has 1 amide bonds. The van der Waals surface area contributed by atoms with Crippen LogP contribution in [0.5, 0.6) is 0 Å². The van der Waals surface area contributed by atoms with Gasteiger partial charge in [0.2, 0.25) is 5.91 Å². The normalized spacial score (nSPS) is 20.8. The zero-order valence-corrected chi connectivity index (χ0v) is 19.6. The molecule has 0 radical (unpaired) electrons. The highest BCUT2D eigenvalue weighted by Crippen LogP contribution is 2.44. The van der Waals surface area contributed by atoms with Crippen LogP contribution in [0.1, 0.15) is 55.9 Å². The van der Waals surface area contributed by atoms with Gasteiger partial charge in [0.1, 0.15) is 4.21 Å². The molecule has 0 saturated carbocycles. The van der Waals surface area contributed by atoms with Gasteiger partial charge in [0.05, 0.1) is 5.41 Å². The predicted molar refractivity (Wildman–Crippen MR) is 122 cm³/mol. The molecule has 1 spiro atoms.